The lowest BCUT2D eigenvalue weighted by molar-refractivity contribution is 0.415. The van der Waals surface area contributed by atoms with Gasteiger partial charge in [-0.3, -0.25) is 0 Å². The molecule has 1 N–H and O–H groups in total. The number of aromatic nitrogens is 4. The zero-order valence-corrected chi connectivity index (χ0v) is 10.5. The number of nitrogens with zero attached hydrogens (tertiary/aromatic N) is 3. The molecule has 0 amide bonds. The first-order valence-electron chi connectivity index (χ1n) is 5.44. The van der Waals surface area contributed by atoms with Crippen molar-refractivity contribution in [2.45, 2.75) is 26.2 Å². The SMILES string of the molecule is COc1ccc(C(C)(C)C)cc1-c1nn[nH]n1. The van der Waals surface area contributed by atoms with Crippen molar-refractivity contribution in [3.8, 4) is 17.1 Å². The van der Waals surface area contributed by atoms with Crippen LogP contribution in [0.15, 0.2) is 18.2 Å². The normalized spacial score (nSPS) is 11.5. The van der Waals surface area contributed by atoms with Crippen LogP contribution in [0.25, 0.3) is 11.4 Å². The minimum atomic E-state index is 0.0742. The average molecular weight is 232 g/mol. The van der Waals surface area contributed by atoms with E-state index in [2.05, 4.69) is 47.5 Å². The number of H-pyrrole nitrogens is 1. The van der Waals surface area contributed by atoms with Gasteiger partial charge in [-0.25, -0.2) is 0 Å². The number of aromatic amines is 1. The van der Waals surface area contributed by atoms with Gasteiger partial charge in [-0.15, -0.1) is 10.2 Å². The average Bonchev–Trinajstić information content (AvgIpc) is 2.80. The maximum absolute atomic E-state index is 5.32. The molecule has 5 heteroatoms. The van der Waals surface area contributed by atoms with Gasteiger partial charge in [-0.05, 0) is 28.3 Å². The molecule has 0 aliphatic rings. The fourth-order valence-electron chi connectivity index (χ4n) is 1.63. The zero-order chi connectivity index (χ0) is 12.5. The number of ether oxygens (including phenoxy) is 1. The van der Waals surface area contributed by atoms with Crippen LogP contribution in [0.5, 0.6) is 5.75 Å². The number of methoxy groups -OCH3 is 1. The molecule has 0 bridgehead atoms. The fourth-order valence-corrected chi connectivity index (χ4v) is 1.63. The fraction of sp³-hybridized carbons (Fsp3) is 0.417. The van der Waals surface area contributed by atoms with Crippen molar-refractivity contribution < 1.29 is 4.74 Å². The van der Waals surface area contributed by atoms with E-state index in [1.807, 2.05) is 12.1 Å². The molecule has 17 heavy (non-hydrogen) atoms. The molecule has 5 nitrogen and oxygen atoms in total. The smallest absolute Gasteiger partial charge is 0.208 e. The zero-order valence-electron chi connectivity index (χ0n) is 10.5. The van der Waals surface area contributed by atoms with Gasteiger partial charge in [0.2, 0.25) is 5.82 Å². The Balaban J connectivity index is 2.55. The van der Waals surface area contributed by atoms with E-state index in [-0.39, 0.29) is 5.41 Å². The lowest BCUT2D eigenvalue weighted by Crippen LogP contribution is -2.11. The van der Waals surface area contributed by atoms with Gasteiger partial charge in [-0.1, -0.05) is 26.8 Å². The number of rotatable bonds is 2. The van der Waals surface area contributed by atoms with Crippen molar-refractivity contribution in [2.75, 3.05) is 7.11 Å². The molecule has 0 fully saturated rings. The monoisotopic (exact) mass is 232 g/mol. The van der Waals surface area contributed by atoms with Crippen molar-refractivity contribution in [3.63, 3.8) is 0 Å². The van der Waals surface area contributed by atoms with Gasteiger partial charge >= 0.3 is 0 Å². The Labute approximate surface area is 100 Å². The molecule has 1 heterocycles. The largest absolute Gasteiger partial charge is 0.496 e. The van der Waals surface area contributed by atoms with E-state index in [0.29, 0.717) is 5.82 Å². The highest BCUT2D eigenvalue weighted by Gasteiger charge is 2.18. The number of nitrogens with one attached hydrogen (secondary N) is 1. The lowest BCUT2D eigenvalue weighted by Gasteiger charge is -2.20. The van der Waals surface area contributed by atoms with Gasteiger partial charge in [0.1, 0.15) is 5.75 Å². The van der Waals surface area contributed by atoms with Gasteiger partial charge < -0.3 is 4.74 Å². The molecule has 0 spiro atoms. The molecule has 2 aromatic rings. The first kappa shape index (κ1) is 11.6. The van der Waals surface area contributed by atoms with Crippen LogP contribution < -0.4 is 4.74 Å². The van der Waals surface area contributed by atoms with Crippen LogP contribution in [-0.2, 0) is 5.41 Å². The number of hydrogen-bond acceptors (Lipinski definition) is 4. The number of tetrazole rings is 1. The van der Waals surface area contributed by atoms with Crippen molar-refractivity contribution in [2.24, 2.45) is 0 Å². The second-order valence-corrected chi connectivity index (χ2v) is 4.90. The maximum atomic E-state index is 5.32. The highest BCUT2D eigenvalue weighted by Crippen LogP contribution is 2.32. The van der Waals surface area contributed by atoms with Crippen LogP contribution in [-0.4, -0.2) is 27.7 Å². The summed E-state index contributed by atoms with van der Waals surface area (Å²) < 4.78 is 5.32. The first-order valence-corrected chi connectivity index (χ1v) is 5.44. The standard InChI is InChI=1S/C12H16N4O/c1-12(2,3)8-5-6-10(17-4)9(7-8)11-13-15-16-14-11/h5-7H,1-4H3,(H,13,14,15,16). The van der Waals surface area contributed by atoms with E-state index in [4.69, 9.17) is 4.74 Å². The van der Waals surface area contributed by atoms with E-state index in [1.165, 1.54) is 5.56 Å². The third-order valence-corrected chi connectivity index (χ3v) is 2.65. The molecular weight excluding hydrogens is 216 g/mol. The summed E-state index contributed by atoms with van der Waals surface area (Å²) in [6.45, 7) is 6.48. The van der Waals surface area contributed by atoms with Crippen molar-refractivity contribution in [3.05, 3.63) is 23.8 Å². The molecule has 0 saturated carbocycles. The Morgan fingerprint density at radius 1 is 1.24 bits per heavy atom. The Morgan fingerprint density at radius 3 is 2.53 bits per heavy atom. The van der Waals surface area contributed by atoms with Crippen LogP contribution in [0, 0.1) is 0 Å². The predicted octanol–water partition coefficient (Wildman–Crippen LogP) is 2.17. The quantitative estimate of drug-likeness (QED) is 0.861. The topological polar surface area (TPSA) is 63.7 Å². The molecule has 0 unspecified atom stereocenters. The second kappa shape index (κ2) is 4.16. The van der Waals surface area contributed by atoms with Crippen molar-refractivity contribution in [1.29, 1.82) is 0 Å². The van der Waals surface area contributed by atoms with Crippen LogP contribution in [0.2, 0.25) is 0 Å². The van der Waals surface area contributed by atoms with Crippen LogP contribution in [0.3, 0.4) is 0 Å². The summed E-state index contributed by atoms with van der Waals surface area (Å²) in [4.78, 5) is 0. The van der Waals surface area contributed by atoms with E-state index >= 15 is 0 Å². The molecule has 2 rings (SSSR count). The van der Waals surface area contributed by atoms with Crippen molar-refractivity contribution >= 4 is 0 Å². The molecular formula is C12H16N4O. The van der Waals surface area contributed by atoms with Crippen LogP contribution in [0.1, 0.15) is 26.3 Å². The summed E-state index contributed by atoms with van der Waals surface area (Å²) in [5, 5.41) is 14.0. The summed E-state index contributed by atoms with van der Waals surface area (Å²) in [5.74, 6) is 1.30. The Bertz CT molecular complexity index is 500. The Kier molecular flexibility index (Phi) is 2.83. The van der Waals surface area contributed by atoms with Crippen LogP contribution in [0.4, 0.5) is 0 Å². The highest BCUT2D eigenvalue weighted by atomic mass is 16.5. The molecule has 0 aliphatic heterocycles. The van der Waals surface area contributed by atoms with E-state index in [1.54, 1.807) is 7.11 Å². The molecule has 0 atom stereocenters. The Hall–Kier alpha value is -1.91. The molecule has 0 saturated heterocycles. The summed E-state index contributed by atoms with van der Waals surface area (Å²) in [7, 11) is 1.63. The van der Waals surface area contributed by atoms with Gasteiger partial charge in [0.25, 0.3) is 0 Å². The molecule has 1 aromatic carbocycles. The first-order chi connectivity index (χ1) is 8.02. The van der Waals surface area contributed by atoms with E-state index in [9.17, 15) is 0 Å². The summed E-state index contributed by atoms with van der Waals surface area (Å²) in [6, 6.07) is 6.04. The van der Waals surface area contributed by atoms with Gasteiger partial charge in [-0.2, -0.15) is 5.21 Å². The van der Waals surface area contributed by atoms with Crippen molar-refractivity contribution in [1.82, 2.24) is 20.6 Å². The molecule has 90 valence electrons. The van der Waals surface area contributed by atoms with Gasteiger partial charge in [0.15, 0.2) is 0 Å². The maximum Gasteiger partial charge on any atom is 0.208 e. The third kappa shape index (κ3) is 2.27. The van der Waals surface area contributed by atoms with E-state index < -0.39 is 0 Å². The lowest BCUT2D eigenvalue weighted by atomic mass is 9.86. The number of benzene rings is 1. The summed E-state index contributed by atoms with van der Waals surface area (Å²) in [6.07, 6.45) is 0. The van der Waals surface area contributed by atoms with Gasteiger partial charge in [0, 0.05) is 0 Å². The van der Waals surface area contributed by atoms with Gasteiger partial charge in [0.05, 0.1) is 12.7 Å². The summed E-state index contributed by atoms with van der Waals surface area (Å²) >= 11 is 0. The highest BCUT2D eigenvalue weighted by molar-refractivity contribution is 5.65. The van der Waals surface area contributed by atoms with Crippen LogP contribution >= 0.6 is 0 Å². The Morgan fingerprint density at radius 2 is 2.00 bits per heavy atom. The van der Waals surface area contributed by atoms with E-state index in [0.717, 1.165) is 11.3 Å². The summed E-state index contributed by atoms with van der Waals surface area (Å²) in [5.41, 5.74) is 2.14. The predicted molar refractivity (Wildman–Crippen MR) is 64.9 cm³/mol. The number of hydrogen-bond donors (Lipinski definition) is 1. The molecule has 1 aromatic heterocycles. The minimum absolute atomic E-state index is 0.0742. The third-order valence-electron chi connectivity index (χ3n) is 2.65. The second-order valence-electron chi connectivity index (χ2n) is 4.90. The molecule has 0 radical (unpaired) electrons. The molecule has 0 aliphatic carbocycles. The minimum Gasteiger partial charge on any atom is -0.496 e.